The molecule has 0 aliphatic rings. The highest BCUT2D eigenvalue weighted by molar-refractivity contribution is 7.14. The van der Waals surface area contributed by atoms with Crippen LogP contribution in [-0.4, -0.2) is 23.2 Å². The lowest BCUT2D eigenvalue weighted by molar-refractivity contribution is 0.0758. The van der Waals surface area contributed by atoms with Crippen LogP contribution >= 0.6 is 22.9 Å². The van der Waals surface area contributed by atoms with Gasteiger partial charge in [-0.25, -0.2) is 0 Å². The van der Waals surface area contributed by atoms with Crippen LogP contribution in [0.4, 0.5) is 0 Å². The number of thiophene rings is 1. The first-order valence-electron chi connectivity index (χ1n) is 6.72. The van der Waals surface area contributed by atoms with Gasteiger partial charge in [0.05, 0.1) is 4.88 Å². The predicted octanol–water partition coefficient (Wildman–Crippen LogP) is 4.19. The molecule has 4 heteroatoms. The van der Waals surface area contributed by atoms with Gasteiger partial charge < -0.3 is 4.90 Å². The number of nitrogens with zero attached hydrogens (tertiary/aromatic N) is 1. The molecule has 0 atom stereocenters. The smallest absolute Gasteiger partial charge is 0.264 e. The zero-order valence-corrected chi connectivity index (χ0v) is 13.1. The van der Waals surface area contributed by atoms with Gasteiger partial charge in [0.2, 0.25) is 0 Å². The van der Waals surface area contributed by atoms with Gasteiger partial charge in [-0.05, 0) is 24.1 Å². The maximum absolute atomic E-state index is 12.5. The van der Waals surface area contributed by atoms with Crippen LogP contribution in [-0.2, 0) is 13.0 Å². The number of aryl methyl sites for hydroxylation is 1. The molecule has 0 bridgehead atoms. The topological polar surface area (TPSA) is 20.3 Å². The van der Waals surface area contributed by atoms with Crippen molar-refractivity contribution < 1.29 is 4.79 Å². The number of halogens is 1. The Morgan fingerprint density at radius 2 is 1.95 bits per heavy atom. The highest BCUT2D eigenvalue weighted by atomic mass is 35.5. The van der Waals surface area contributed by atoms with E-state index in [0.29, 0.717) is 19.0 Å². The van der Waals surface area contributed by atoms with Crippen molar-refractivity contribution in [2.45, 2.75) is 19.9 Å². The third kappa shape index (κ3) is 3.84. The number of rotatable bonds is 6. The minimum atomic E-state index is 0.0687. The lowest BCUT2D eigenvalue weighted by Gasteiger charge is -2.21. The highest BCUT2D eigenvalue weighted by Gasteiger charge is 2.17. The number of alkyl halides is 1. The SMILES string of the molecule is CCc1ccc(C(=O)N(CCCl)Cc2ccccc2)s1. The van der Waals surface area contributed by atoms with Crippen LogP contribution in [0.15, 0.2) is 42.5 Å². The Bertz CT molecular complexity index is 553. The lowest BCUT2D eigenvalue weighted by Crippen LogP contribution is -2.31. The van der Waals surface area contributed by atoms with Gasteiger partial charge >= 0.3 is 0 Å². The fourth-order valence-electron chi connectivity index (χ4n) is 2.00. The molecule has 1 aromatic carbocycles. The van der Waals surface area contributed by atoms with Crippen molar-refractivity contribution in [3.8, 4) is 0 Å². The highest BCUT2D eigenvalue weighted by Crippen LogP contribution is 2.20. The van der Waals surface area contributed by atoms with Crippen molar-refractivity contribution in [2.75, 3.05) is 12.4 Å². The summed E-state index contributed by atoms with van der Waals surface area (Å²) in [4.78, 5) is 16.4. The van der Waals surface area contributed by atoms with Crippen molar-refractivity contribution in [3.63, 3.8) is 0 Å². The molecule has 0 aliphatic heterocycles. The van der Waals surface area contributed by atoms with Gasteiger partial charge in [0.15, 0.2) is 0 Å². The van der Waals surface area contributed by atoms with E-state index in [-0.39, 0.29) is 5.91 Å². The van der Waals surface area contributed by atoms with Crippen LogP contribution in [0, 0.1) is 0 Å². The summed E-state index contributed by atoms with van der Waals surface area (Å²) in [5, 5.41) is 0. The van der Waals surface area contributed by atoms with E-state index in [2.05, 4.69) is 6.92 Å². The summed E-state index contributed by atoms with van der Waals surface area (Å²) < 4.78 is 0. The average molecular weight is 308 g/mol. The second-order valence-electron chi connectivity index (χ2n) is 4.52. The van der Waals surface area contributed by atoms with E-state index in [4.69, 9.17) is 11.6 Å². The van der Waals surface area contributed by atoms with Crippen molar-refractivity contribution >= 4 is 28.8 Å². The van der Waals surface area contributed by atoms with Crippen LogP contribution in [0.25, 0.3) is 0 Å². The summed E-state index contributed by atoms with van der Waals surface area (Å²) in [6, 6.07) is 13.9. The lowest BCUT2D eigenvalue weighted by atomic mass is 10.2. The minimum absolute atomic E-state index is 0.0687. The molecule has 0 saturated heterocycles. The maximum atomic E-state index is 12.5. The molecule has 0 radical (unpaired) electrons. The van der Waals surface area contributed by atoms with E-state index in [0.717, 1.165) is 16.9 Å². The largest absolute Gasteiger partial charge is 0.332 e. The summed E-state index contributed by atoms with van der Waals surface area (Å²) in [5.74, 6) is 0.518. The van der Waals surface area contributed by atoms with Gasteiger partial charge in [-0.2, -0.15) is 0 Å². The molecule has 2 aromatic rings. The van der Waals surface area contributed by atoms with E-state index < -0.39 is 0 Å². The molecule has 1 amide bonds. The summed E-state index contributed by atoms with van der Waals surface area (Å²) in [6.07, 6.45) is 0.964. The maximum Gasteiger partial charge on any atom is 0.264 e. The standard InChI is InChI=1S/C16H18ClNOS/c1-2-14-8-9-15(20-14)16(19)18(11-10-17)12-13-6-4-3-5-7-13/h3-9H,2,10-12H2,1H3. The number of amides is 1. The number of carbonyl (C=O) groups excluding carboxylic acids is 1. The van der Waals surface area contributed by atoms with Gasteiger partial charge in [0.25, 0.3) is 5.91 Å². The molecular formula is C16H18ClNOS. The normalized spacial score (nSPS) is 10.5. The number of hydrogen-bond donors (Lipinski definition) is 0. The molecule has 2 rings (SSSR count). The van der Waals surface area contributed by atoms with Crippen LogP contribution in [0.3, 0.4) is 0 Å². The van der Waals surface area contributed by atoms with E-state index in [1.54, 1.807) is 11.3 Å². The first-order valence-corrected chi connectivity index (χ1v) is 8.07. The second kappa shape index (κ2) is 7.46. The number of benzene rings is 1. The van der Waals surface area contributed by atoms with E-state index in [9.17, 15) is 4.79 Å². The first-order chi connectivity index (χ1) is 9.74. The zero-order chi connectivity index (χ0) is 14.4. The predicted molar refractivity (Wildman–Crippen MR) is 85.6 cm³/mol. The van der Waals surface area contributed by atoms with Gasteiger partial charge in [-0.1, -0.05) is 37.3 Å². The van der Waals surface area contributed by atoms with Crippen molar-refractivity contribution in [1.82, 2.24) is 4.90 Å². The zero-order valence-electron chi connectivity index (χ0n) is 11.5. The first kappa shape index (κ1) is 15.1. The minimum Gasteiger partial charge on any atom is -0.332 e. The summed E-state index contributed by atoms with van der Waals surface area (Å²) in [6.45, 7) is 3.26. The Morgan fingerprint density at radius 3 is 2.55 bits per heavy atom. The third-order valence-electron chi connectivity index (χ3n) is 3.08. The molecule has 106 valence electrons. The Hall–Kier alpha value is -1.32. The van der Waals surface area contributed by atoms with Gasteiger partial charge in [-0.15, -0.1) is 22.9 Å². The van der Waals surface area contributed by atoms with Crippen LogP contribution in [0.2, 0.25) is 0 Å². The molecule has 0 fully saturated rings. The summed E-state index contributed by atoms with van der Waals surface area (Å²) >= 11 is 7.41. The van der Waals surface area contributed by atoms with E-state index >= 15 is 0 Å². The van der Waals surface area contributed by atoms with Crippen LogP contribution < -0.4 is 0 Å². The third-order valence-corrected chi connectivity index (χ3v) is 4.47. The molecule has 0 aliphatic carbocycles. The summed E-state index contributed by atoms with van der Waals surface area (Å²) in [7, 11) is 0. The number of hydrogen-bond acceptors (Lipinski definition) is 2. The van der Waals surface area contributed by atoms with Crippen LogP contribution in [0.1, 0.15) is 27.0 Å². The van der Waals surface area contributed by atoms with E-state index in [1.165, 1.54) is 4.88 Å². The molecule has 0 N–H and O–H groups in total. The molecule has 0 saturated carbocycles. The van der Waals surface area contributed by atoms with Crippen molar-refractivity contribution in [3.05, 3.63) is 57.8 Å². The molecule has 20 heavy (non-hydrogen) atoms. The van der Waals surface area contributed by atoms with E-state index in [1.807, 2.05) is 47.4 Å². The average Bonchev–Trinajstić information content (AvgIpc) is 2.96. The molecule has 0 unspecified atom stereocenters. The second-order valence-corrected chi connectivity index (χ2v) is 6.07. The van der Waals surface area contributed by atoms with Gasteiger partial charge in [0, 0.05) is 23.8 Å². The molecular weight excluding hydrogens is 290 g/mol. The quantitative estimate of drug-likeness (QED) is 0.733. The summed E-state index contributed by atoms with van der Waals surface area (Å²) in [5.41, 5.74) is 1.12. The Labute approximate surface area is 129 Å². The Kier molecular flexibility index (Phi) is 5.62. The van der Waals surface area contributed by atoms with Crippen molar-refractivity contribution in [1.29, 1.82) is 0 Å². The molecule has 1 heterocycles. The van der Waals surface area contributed by atoms with Crippen LogP contribution in [0.5, 0.6) is 0 Å². The number of carbonyl (C=O) groups is 1. The molecule has 0 spiro atoms. The van der Waals surface area contributed by atoms with Gasteiger partial charge in [0.1, 0.15) is 0 Å². The Balaban J connectivity index is 2.13. The molecule has 1 aromatic heterocycles. The molecule has 2 nitrogen and oxygen atoms in total. The fourth-order valence-corrected chi connectivity index (χ4v) is 3.12. The van der Waals surface area contributed by atoms with Gasteiger partial charge in [-0.3, -0.25) is 4.79 Å². The Morgan fingerprint density at radius 1 is 1.20 bits per heavy atom. The fraction of sp³-hybridized carbons (Fsp3) is 0.312. The van der Waals surface area contributed by atoms with Crippen molar-refractivity contribution in [2.24, 2.45) is 0 Å². The monoisotopic (exact) mass is 307 g/mol.